The highest BCUT2D eigenvalue weighted by atomic mass is 14.4. The molecule has 0 aromatic heterocycles. The third kappa shape index (κ3) is 8.64. The average molecular weight is 479 g/mol. The van der Waals surface area contributed by atoms with E-state index in [-0.39, 0.29) is 0 Å². The normalized spacial score (nSPS) is 31.9. The summed E-state index contributed by atoms with van der Waals surface area (Å²) in [5, 5.41) is 0. The molecule has 0 amide bonds. The molecule has 0 spiro atoms. The second-order valence-electron chi connectivity index (χ2n) is 13.2. The first-order chi connectivity index (χ1) is 17.2. The lowest BCUT2D eigenvalue weighted by Gasteiger charge is -2.38. The summed E-state index contributed by atoms with van der Waals surface area (Å²) < 4.78 is 0. The Labute approximate surface area is 219 Å². The molecule has 0 radical (unpaired) electrons. The Balaban J connectivity index is 1.11. The number of rotatable bonds is 12. The van der Waals surface area contributed by atoms with E-state index in [2.05, 4.69) is 38.1 Å². The van der Waals surface area contributed by atoms with E-state index in [9.17, 15) is 0 Å². The van der Waals surface area contributed by atoms with Crippen LogP contribution in [0, 0.1) is 29.6 Å². The van der Waals surface area contributed by atoms with Crippen LogP contribution in [0.1, 0.15) is 159 Å². The summed E-state index contributed by atoms with van der Waals surface area (Å²) in [6.45, 7) is 4.67. The largest absolute Gasteiger partial charge is 0.0654 e. The maximum atomic E-state index is 2.49. The summed E-state index contributed by atoms with van der Waals surface area (Å²) >= 11 is 0. The molecule has 0 saturated heterocycles. The molecule has 0 nitrogen and oxygen atoms in total. The predicted octanol–water partition coefficient (Wildman–Crippen LogP) is 11.3. The summed E-state index contributed by atoms with van der Waals surface area (Å²) in [4.78, 5) is 0. The van der Waals surface area contributed by atoms with E-state index < -0.39 is 0 Å². The van der Waals surface area contributed by atoms with E-state index >= 15 is 0 Å². The number of unbranched alkanes of at least 4 members (excludes halogenated alkanes) is 3. The van der Waals surface area contributed by atoms with Crippen molar-refractivity contribution in [2.24, 2.45) is 29.6 Å². The molecule has 0 unspecified atom stereocenters. The Morgan fingerprint density at radius 3 is 1.54 bits per heavy atom. The minimum atomic E-state index is 0.837. The van der Waals surface area contributed by atoms with Crippen LogP contribution in [0.15, 0.2) is 24.3 Å². The van der Waals surface area contributed by atoms with Crippen LogP contribution in [-0.4, -0.2) is 0 Å². The summed E-state index contributed by atoms with van der Waals surface area (Å²) in [6, 6.07) is 9.93. The van der Waals surface area contributed by atoms with Gasteiger partial charge in [-0.25, -0.2) is 0 Å². The van der Waals surface area contributed by atoms with Crippen molar-refractivity contribution < 1.29 is 0 Å². The van der Waals surface area contributed by atoms with E-state index in [1.165, 1.54) is 109 Å². The minimum absolute atomic E-state index is 0.837. The van der Waals surface area contributed by atoms with Gasteiger partial charge in [0.1, 0.15) is 0 Å². The summed E-state index contributed by atoms with van der Waals surface area (Å²) in [7, 11) is 0. The van der Waals surface area contributed by atoms with Gasteiger partial charge >= 0.3 is 0 Å². The molecule has 3 aliphatic rings. The molecule has 35 heavy (non-hydrogen) atoms. The number of benzene rings is 1. The van der Waals surface area contributed by atoms with Gasteiger partial charge in [0.2, 0.25) is 0 Å². The Kier molecular flexibility index (Phi) is 11.6. The molecule has 0 bridgehead atoms. The topological polar surface area (TPSA) is 0 Å². The van der Waals surface area contributed by atoms with Crippen molar-refractivity contribution in [2.45, 2.75) is 155 Å². The van der Waals surface area contributed by atoms with Crippen LogP contribution in [0.3, 0.4) is 0 Å². The van der Waals surface area contributed by atoms with Crippen LogP contribution in [0.4, 0.5) is 0 Å². The number of hydrogen-bond acceptors (Lipinski definition) is 0. The maximum Gasteiger partial charge on any atom is -0.0162 e. The van der Waals surface area contributed by atoms with Gasteiger partial charge in [-0.1, -0.05) is 109 Å². The monoisotopic (exact) mass is 478 g/mol. The van der Waals surface area contributed by atoms with Crippen molar-refractivity contribution >= 4 is 0 Å². The van der Waals surface area contributed by atoms with Crippen LogP contribution in [0.5, 0.6) is 0 Å². The van der Waals surface area contributed by atoms with Crippen molar-refractivity contribution in [3.05, 3.63) is 35.4 Å². The molecule has 0 N–H and O–H groups in total. The third-order valence-electron chi connectivity index (χ3n) is 10.8. The minimum Gasteiger partial charge on any atom is -0.0654 e. The fourth-order valence-electron chi connectivity index (χ4n) is 8.18. The average Bonchev–Trinajstić information content (AvgIpc) is 2.92. The van der Waals surface area contributed by atoms with Crippen molar-refractivity contribution in [1.82, 2.24) is 0 Å². The molecular formula is C35H58. The molecule has 1 aromatic rings. The molecule has 0 heterocycles. The molecule has 1 aromatic carbocycles. The van der Waals surface area contributed by atoms with E-state index in [1.807, 2.05) is 0 Å². The zero-order valence-corrected chi connectivity index (χ0v) is 23.6. The molecule has 4 rings (SSSR count). The van der Waals surface area contributed by atoms with Crippen molar-refractivity contribution in [1.29, 1.82) is 0 Å². The maximum absolute atomic E-state index is 2.49. The van der Waals surface area contributed by atoms with Crippen LogP contribution >= 0.6 is 0 Å². The number of aryl methyl sites for hydroxylation is 1. The van der Waals surface area contributed by atoms with E-state index in [1.54, 1.807) is 36.8 Å². The summed E-state index contributed by atoms with van der Waals surface area (Å²) in [5.41, 5.74) is 3.22. The number of hydrogen-bond donors (Lipinski definition) is 0. The molecule has 0 heteroatoms. The van der Waals surface area contributed by atoms with Gasteiger partial charge < -0.3 is 0 Å². The quantitative estimate of drug-likeness (QED) is 0.262. The van der Waals surface area contributed by atoms with E-state index in [0.717, 1.165) is 35.5 Å². The van der Waals surface area contributed by atoms with Gasteiger partial charge in [-0.2, -0.15) is 0 Å². The fraction of sp³-hybridized carbons (Fsp3) is 0.829. The highest BCUT2D eigenvalue weighted by Gasteiger charge is 2.30. The van der Waals surface area contributed by atoms with Crippen molar-refractivity contribution in [3.8, 4) is 0 Å². The van der Waals surface area contributed by atoms with Gasteiger partial charge in [0.05, 0.1) is 0 Å². The molecule has 3 saturated carbocycles. The Bertz CT molecular complexity index is 662. The van der Waals surface area contributed by atoms with E-state index in [0.29, 0.717) is 0 Å². The van der Waals surface area contributed by atoms with Crippen LogP contribution in [0.25, 0.3) is 0 Å². The Morgan fingerprint density at radius 1 is 0.514 bits per heavy atom. The lowest BCUT2D eigenvalue weighted by atomic mass is 9.68. The van der Waals surface area contributed by atoms with Gasteiger partial charge in [-0.3, -0.25) is 0 Å². The second kappa shape index (κ2) is 14.8. The molecule has 3 aliphatic carbocycles. The van der Waals surface area contributed by atoms with Gasteiger partial charge in [0.15, 0.2) is 0 Å². The summed E-state index contributed by atoms with van der Waals surface area (Å²) in [6.07, 6.45) is 31.0. The molecular weight excluding hydrogens is 420 g/mol. The Hall–Kier alpha value is -0.780. The van der Waals surface area contributed by atoms with Gasteiger partial charge in [-0.05, 0) is 111 Å². The second-order valence-corrected chi connectivity index (χ2v) is 13.2. The van der Waals surface area contributed by atoms with Crippen LogP contribution in [-0.2, 0) is 6.42 Å². The molecule has 3 fully saturated rings. The molecule has 0 aliphatic heterocycles. The third-order valence-corrected chi connectivity index (χ3v) is 10.8. The van der Waals surface area contributed by atoms with Gasteiger partial charge in [0.25, 0.3) is 0 Å². The first-order valence-corrected chi connectivity index (χ1v) is 16.3. The van der Waals surface area contributed by atoms with E-state index in [4.69, 9.17) is 0 Å². The standard InChI is InChI=1S/C35H58/c1-3-5-7-9-29-14-22-33(23-15-29)35-26-18-31(19-27-35)11-10-30-16-24-34(25-17-30)32-20-12-28(13-21-32)8-6-4-2/h16-17,24-25,28-29,31-33,35H,3-15,18-23,26-27H2,1-2H3/t28-,29-,31-,32-,33-,35-. The lowest BCUT2D eigenvalue weighted by Crippen LogP contribution is -2.26. The van der Waals surface area contributed by atoms with Gasteiger partial charge in [-0.15, -0.1) is 0 Å². The zero-order chi connectivity index (χ0) is 24.3. The summed E-state index contributed by atoms with van der Waals surface area (Å²) in [5.74, 6) is 6.07. The molecule has 0 atom stereocenters. The fourth-order valence-corrected chi connectivity index (χ4v) is 8.18. The zero-order valence-electron chi connectivity index (χ0n) is 23.6. The van der Waals surface area contributed by atoms with Crippen molar-refractivity contribution in [3.63, 3.8) is 0 Å². The smallest absolute Gasteiger partial charge is 0.0162 e. The predicted molar refractivity (Wildman–Crippen MR) is 154 cm³/mol. The van der Waals surface area contributed by atoms with Crippen LogP contribution in [0.2, 0.25) is 0 Å². The lowest BCUT2D eigenvalue weighted by molar-refractivity contribution is 0.140. The molecule has 198 valence electrons. The Morgan fingerprint density at radius 2 is 1.00 bits per heavy atom. The highest BCUT2D eigenvalue weighted by Crippen LogP contribution is 2.43. The SMILES string of the molecule is CCCCC[C@H]1CC[C@H]([C@H]2CC[C@H](CCc3ccc([C@H]4CC[C@H](CCCC)CC4)cc3)CC2)CC1. The van der Waals surface area contributed by atoms with Crippen LogP contribution < -0.4 is 0 Å². The highest BCUT2D eigenvalue weighted by molar-refractivity contribution is 5.26. The van der Waals surface area contributed by atoms with Crippen molar-refractivity contribution in [2.75, 3.05) is 0 Å². The first kappa shape index (κ1) is 27.3. The first-order valence-electron chi connectivity index (χ1n) is 16.3. The van der Waals surface area contributed by atoms with Gasteiger partial charge in [0, 0.05) is 0 Å².